The molecule has 0 aromatic carbocycles. The van der Waals surface area contributed by atoms with Gasteiger partial charge in [-0.2, -0.15) is 0 Å². The Bertz CT molecular complexity index is 380. The summed E-state index contributed by atoms with van der Waals surface area (Å²) in [4.78, 5) is 11.1. The monoisotopic (exact) mass is 266 g/mol. The van der Waals surface area contributed by atoms with Crippen molar-refractivity contribution in [1.29, 1.82) is 0 Å². The van der Waals surface area contributed by atoms with E-state index in [2.05, 4.69) is 28.7 Å². The number of methoxy groups -OCH3 is 1. The van der Waals surface area contributed by atoms with Crippen molar-refractivity contribution in [3.8, 4) is 0 Å². The van der Waals surface area contributed by atoms with Gasteiger partial charge in [-0.05, 0) is 12.8 Å². The molecule has 0 aliphatic rings. The molecule has 5 nitrogen and oxygen atoms in total. The Morgan fingerprint density at radius 3 is 2.47 bits per heavy atom. The van der Waals surface area contributed by atoms with Crippen molar-refractivity contribution < 1.29 is 4.74 Å². The summed E-state index contributed by atoms with van der Waals surface area (Å²) < 4.78 is 5.20. The fraction of sp³-hybridized carbons (Fsp3) is 0.714. The lowest BCUT2D eigenvalue weighted by Gasteiger charge is -2.31. The summed E-state index contributed by atoms with van der Waals surface area (Å²) in [7, 11) is 1.72. The molecule has 1 rings (SSSR count). The molecule has 0 fully saturated rings. The molecule has 0 aliphatic carbocycles. The Kier molecular flexibility index (Phi) is 6.56. The van der Waals surface area contributed by atoms with E-state index in [9.17, 15) is 0 Å². The zero-order valence-electron chi connectivity index (χ0n) is 12.5. The van der Waals surface area contributed by atoms with Crippen molar-refractivity contribution in [1.82, 2.24) is 9.97 Å². The number of aromatic nitrogens is 2. The summed E-state index contributed by atoms with van der Waals surface area (Å²) in [6.07, 6.45) is 2.94. The highest BCUT2D eigenvalue weighted by Crippen LogP contribution is 2.20. The van der Waals surface area contributed by atoms with Crippen LogP contribution >= 0.6 is 0 Å². The molecule has 5 heteroatoms. The standard InChI is InChI=1S/C14H26N4O/c1-5-11(6-2)18(8-9-19-4)14-10-12(15)16-13(7-3)17-14/h10-11H,5-9H2,1-4H3,(H2,15,16,17). The Labute approximate surface area is 116 Å². The van der Waals surface area contributed by atoms with Crippen molar-refractivity contribution in [3.05, 3.63) is 11.9 Å². The predicted molar refractivity (Wildman–Crippen MR) is 79.4 cm³/mol. The van der Waals surface area contributed by atoms with Crippen LogP contribution in [0, 0.1) is 0 Å². The molecule has 0 saturated carbocycles. The van der Waals surface area contributed by atoms with Crippen LogP contribution in [-0.4, -0.2) is 36.3 Å². The van der Waals surface area contributed by atoms with Gasteiger partial charge in [-0.3, -0.25) is 0 Å². The Hall–Kier alpha value is -1.36. The van der Waals surface area contributed by atoms with Crippen molar-refractivity contribution in [2.75, 3.05) is 30.9 Å². The van der Waals surface area contributed by atoms with Crippen LogP contribution in [-0.2, 0) is 11.2 Å². The first-order chi connectivity index (χ1) is 9.15. The number of nitrogens with zero attached hydrogens (tertiary/aromatic N) is 3. The summed E-state index contributed by atoms with van der Waals surface area (Å²) in [5, 5.41) is 0. The normalized spacial score (nSPS) is 11.0. The Morgan fingerprint density at radius 2 is 1.95 bits per heavy atom. The first-order valence-corrected chi connectivity index (χ1v) is 7.05. The van der Waals surface area contributed by atoms with E-state index in [4.69, 9.17) is 10.5 Å². The molecule has 108 valence electrons. The second-order valence-electron chi connectivity index (χ2n) is 4.58. The fourth-order valence-electron chi connectivity index (χ4n) is 2.21. The molecule has 0 atom stereocenters. The van der Waals surface area contributed by atoms with E-state index in [1.54, 1.807) is 7.11 Å². The van der Waals surface area contributed by atoms with Gasteiger partial charge in [0.1, 0.15) is 17.5 Å². The molecule has 0 amide bonds. The third-order valence-electron chi connectivity index (χ3n) is 3.31. The number of anilines is 2. The van der Waals surface area contributed by atoms with Gasteiger partial charge in [0.25, 0.3) is 0 Å². The lowest BCUT2D eigenvalue weighted by Crippen LogP contribution is -2.38. The summed E-state index contributed by atoms with van der Waals surface area (Å²) in [5.41, 5.74) is 5.88. The number of ether oxygens (including phenoxy) is 1. The molecule has 2 N–H and O–H groups in total. The average molecular weight is 266 g/mol. The largest absolute Gasteiger partial charge is 0.384 e. The summed E-state index contributed by atoms with van der Waals surface area (Å²) in [5.74, 6) is 2.24. The van der Waals surface area contributed by atoms with Gasteiger partial charge in [-0.1, -0.05) is 20.8 Å². The molecule has 0 saturated heterocycles. The molecule has 1 aromatic rings. The van der Waals surface area contributed by atoms with E-state index in [1.165, 1.54) is 0 Å². The Balaban J connectivity index is 3.04. The van der Waals surface area contributed by atoms with Gasteiger partial charge in [-0.15, -0.1) is 0 Å². The molecule has 1 aromatic heterocycles. The second kappa shape index (κ2) is 7.94. The smallest absolute Gasteiger partial charge is 0.134 e. The number of rotatable bonds is 8. The lowest BCUT2D eigenvalue weighted by molar-refractivity contribution is 0.202. The van der Waals surface area contributed by atoms with Gasteiger partial charge in [0.2, 0.25) is 0 Å². The van der Waals surface area contributed by atoms with E-state index in [0.717, 1.165) is 37.4 Å². The first-order valence-electron chi connectivity index (χ1n) is 7.05. The third-order valence-corrected chi connectivity index (χ3v) is 3.31. The highest BCUT2D eigenvalue weighted by Gasteiger charge is 2.17. The van der Waals surface area contributed by atoms with Crippen LogP contribution in [0.1, 0.15) is 39.4 Å². The number of hydrogen-bond acceptors (Lipinski definition) is 5. The van der Waals surface area contributed by atoms with E-state index >= 15 is 0 Å². The van der Waals surface area contributed by atoms with Gasteiger partial charge in [0.05, 0.1) is 6.61 Å². The average Bonchev–Trinajstić information content (AvgIpc) is 2.42. The molecule has 19 heavy (non-hydrogen) atoms. The minimum atomic E-state index is 0.453. The van der Waals surface area contributed by atoms with Crippen molar-refractivity contribution in [3.63, 3.8) is 0 Å². The topological polar surface area (TPSA) is 64.3 Å². The summed E-state index contributed by atoms with van der Waals surface area (Å²) in [6, 6.07) is 2.31. The molecular formula is C14H26N4O. The first kappa shape index (κ1) is 15.7. The van der Waals surface area contributed by atoms with Gasteiger partial charge in [0.15, 0.2) is 0 Å². The summed E-state index contributed by atoms with van der Waals surface area (Å²) >= 11 is 0. The van der Waals surface area contributed by atoms with Crippen molar-refractivity contribution in [2.24, 2.45) is 0 Å². The molecule has 0 aliphatic heterocycles. The molecule has 0 unspecified atom stereocenters. The van der Waals surface area contributed by atoms with Crippen molar-refractivity contribution >= 4 is 11.6 Å². The van der Waals surface area contributed by atoms with Gasteiger partial charge >= 0.3 is 0 Å². The van der Waals surface area contributed by atoms with Crippen LogP contribution in [0.2, 0.25) is 0 Å². The fourth-order valence-corrected chi connectivity index (χ4v) is 2.21. The quantitative estimate of drug-likeness (QED) is 0.782. The molecule has 1 heterocycles. The predicted octanol–water partition coefficient (Wildman–Crippen LogP) is 2.26. The number of nitrogens with two attached hydrogens (primary N) is 1. The molecule has 0 spiro atoms. The van der Waals surface area contributed by atoms with E-state index in [0.29, 0.717) is 18.5 Å². The van der Waals surface area contributed by atoms with Crippen LogP contribution in [0.3, 0.4) is 0 Å². The van der Waals surface area contributed by atoms with Gasteiger partial charge in [0, 0.05) is 32.2 Å². The van der Waals surface area contributed by atoms with Crippen LogP contribution < -0.4 is 10.6 Å². The lowest BCUT2D eigenvalue weighted by atomic mass is 10.1. The molecular weight excluding hydrogens is 240 g/mol. The minimum Gasteiger partial charge on any atom is -0.384 e. The van der Waals surface area contributed by atoms with Crippen LogP contribution in [0.25, 0.3) is 0 Å². The van der Waals surface area contributed by atoms with Crippen LogP contribution in [0.5, 0.6) is 0 Å². The van der Waals surface area contributed by atoms with E-state index < -0.39 is 0 Å². The zero-order valence-corrected chi connectivity index (χ0v) is 12.5. The van der Waals surface area contributed by atoms with Gasteiger partial charge in [-0.25, -0.2) is 9.97 Å². The maximum absolute atomic E-state index is 5.88. The highest BCUT2D eigenvalue weighted by molar-refractivity contribution is 5.47. The van der Waals surface area contributed by atoms with Gasteiger partial charge < -0.3 is 15.4 Å². The minimum absolute atomic E-state index is 0.453. The maximum atomic E-state index is 5.88. The van der Waals surface area contributed by atoms with E-state index in [-0.39, 0.29) is 0 Å². The van der Waals surface area contributed by atoms with Crippen LogP contribution in [0.4, 0.5) is 11.6 Å². The number of nitrogen functional groups attached to an aromatic ring is 1. The molecule has 0 bridgehead atoms. The Morgan fingerprint density at radius 1 is 1.26 bits per heavy atom. The number of aryl methyl sites for hydroxylation is 1. The number of hydrogen-bond donors (Lipinski definition) is 1. The van der Waals surface area contributed by atoms with Crippen molar-refractivity contribution in [2.45, 2.75) is 46.1 Å². The van der Waals surface area contributed by atoms with E-state index in [1.807, 2.05) is 13.0 Å². The highest BCUT2D eigenvalue weighted by atomic mass is 16.5. The second-order valence-corrected chi connectivity index (χ2v) is 4.58. The molecule has 0 radical (unpaired) electrons. The maximum Gasteiger partial charge on any atom is 0.134 e. The van der Waals surface area contributed by atoms with Crippen LogP contribution in [0.15, 0.2) is 6.07 Å². The third kappa shape index (κ3) is 4.35. The zero-order chi connectivity index (χ0) is 14.3. The summed E-state index contributed by atoms with van der Waals surface area (Å²) in [6.45, 7) is 7.93. The SMILES string of the molecule is CCc1nc(N)cc(N(CCOC)C(CC)CC)n1.